The summed E-state index contributed by atoms with van der Waals surface area (Å²) in [6, 6.07) is 14.0. The average Bonchev–Trinajstić information content (AvgIpc) is 2.69. The molecule has 0 amide bonds. The Kier molecular flexibility index (Phi) is 2.59. The summed E-state index contributed by atoms with van der Waals surface area (Å²) < 4.78 is 3.02. The van der Waals surface area contributed by atoms with Gasteiger partial charge in [-0.15, -0.1) is 0 Å². The fraction of sp³-hybridized carbons (Fsp3) is 0.0714. The average molecular weight is 302 g/mol. The molecule has 2 heterocycles. The zero-order valence-corrected chi connectivity index (χ0v) is 11.5. The summed E-state index contributed by atoms with van der Waals surface area (Å²) in [7, 11) is 0. The van der Waals surface area contributed by atoms with Crippen LogP contribution in [0.3, 0.4) is 0 Å². The van der Waals surface area contributed by atoms with Crippen molar-refractivity contribution in [3.05, 3.63) is 52.6 Å². The molecular formula is C14H12BrN3. The number of fused-ring (bicyclic) bond motifs is 1. The number of nitrogens with two attached hydrogens (primary N) is 1. The molecular weight excluding hydrogens is 290 g/mol. The van der Waals surface area contributed by atoms with E-state index in [0.29, 0.717) is 5.82 Å². The SMILES string of the molecule is Cc1cccc2nc(-c3ccc(Br)cc3)c(N)n12. The van der Waals surface area contributed by atoms with E-state index in [1.165, 1.54) is 0 Å². The molecule has 3 nitrogen and oxygen atoms in total. The largest absolute Gasteiger partial charge is 0.383 e. The molecule has 2 N–H and O–H groups in total. The third kappa shape index (κ3) is 1.69. The Labute approximate surface area is 113 Å². The Bertz CT molecular complexity index is 714. The Morgan fingerprint density at radius 3 is 2.50 bits per heavy atom. The third-order valence-corrected chi connectivity index (χ3v) is 3.52. The van der Waals surface area contributed by atoms with Gasteiger partial charge in [0.2, 0.25) is 0 Å². The number of aryl methyl sites for hydroxylation is 1. The van der Waals surface area contributed by atoms with Gasteiger partial charge in [0.1, 0.15) is 17.2 Å². The summed E-state index contributed by atoms with van der Waals surface area (Å²) >= 11 is 3.43. The molecule has 0 aliphatic carbocycles. The molecule has 18 heavy (non-hydrogen) atoms. The fourth-order valence-corrected chi connectivity index (χ4v) is 2.37. The lowest BCUT2D eigenvalue weighted by atomic mass is 10.1. The monoisotopic (exact) mass is 301 g/mol. The van der Waals surface area contributed by atoms with Crippen molar-refractivity contribution < 1.29 is 0 Å². The number of imidazole rings is 1. The van der Waals surface area contributed by atoms with Crippen molar-refractivity contribution in [1.29, 1.82) is 0 Å². The molecule has 0 aliphatic heterocycles. The summed E-state index contributed by atoms with van der Waals surface area (Å²) in [5.41, 5.74) is 10.0. The van der Waals surface area contributed by atoms with Crippen LogP contribution in [0.15, 0.2) is 46.9 Å². The van der Waals surface area contributed by atoms with Crippen molar-refractivity contribution in [2.45, 2.75) is 6.92 Å². The molecule has 90 valence electrons. The van der Waals surface area contributed by atoms with Crippen LogP contribution in [0, 0.1) is 6.92 Å². The van der Waals surface area contributed by atoms with E-state index in [4.69, 9.17) is 5.73 Å². The molecule has 0 atom stereocenters. The highest BCUT2D eigenvalue weighted by Crippen LogP contribution is 2.28. The van der Waals surface area contributed by atoms with Crippen LogP contribution < -0.4 is 5.73 Å². The number of nitrogens with zero attached hydrogens (tertiary/aromatic N) is 2. The fourth-order valence-electron chi connectivity index (χ4n) is 2.10. The van der Waals surface area contributed by atoms with E-state index in [1.807, 2.05) is 53.8 Å². The Balaban J connectivity index is 2.27. The zero-order chi connectivity index (χ0) is 12.7. The number of halogens is 1. The van der Waals surface area contributed by atoms with Crippen molar-refractivity contribution in [1.82, 2.24) is 9.38 Å². The van der Waals surface area contributed by atoms with E-state index in [-0.39, 0.29) is 0 Å². The van der Waals surface area contributed by atoms with Crippen LogP contribution in [-0.4, -0.2) is 9.38 Å². The van der Waals surface area contributed by atoms with Gasteiger partial charge < -0.3 is 5.73 Å². The van der Waals surface area contributed by atoms with E-state index in [0.717, 1.165) is 27.1 Å². The summed E-state index contributed by atoms with van der Waals surface area (Å²) in [6.45, 7) is 2.02. The molecule has 2 aromatic heterocycles. The summed E-state index contributed by atoms with van der Waals surface area (Å²) in [5, 5.41) is 0. The van der Waals surface area contributed by atoms with E-state index < -0.39 is 0 Å². The number of aromatic nitrogens is 2. The lowest BCUT2D eigenvalue weighted by molar-refractivity contribution is 1.10. The number of hydrogen-bond acceptors (Lipinski definition) is 2. The highest BCUT2D eigenvalue weighted by molar-refractivity contribution is 9.10. The minimum absolute atomic E-state index is 0.686. The Hall–Kier alpha value is -1.81. The van der Waals surface area contributed by atoms with Crippen molar-refractivity contribution in [3.63, 3.8) is 0 Å². The smallest absolute Gasteiger partial charge is 0.139 e. The number of nitrogen functional groups attached to an aromatic ring is 1. The quantitative estimate of drug-likeness (QED) is 0.745. The van der Waals surface area contributed by atoms with Gasteiger partial charge in [-0.3, -0.25) is 4.40 Å². The second-order valence-electron chi connectivity index (χ2n) is 4.21. The molecule has 0 saturated heterocycles. The first-order valence-electron chi connectivity index (χ1n) is 5.66. The minimum Gasteiger partial charge on any atom is -0.383 e. The number of hydrogen-bond donors (Lipinski definition) is 1. The van der Waals surface area contributed by atoms with E-state index >= 15 is 0 Å². The van der Waals surface area contributed by atoms with Crippen molar-refractivity contribution in [3.8, 4) is 11.3 Å². The number of anilines is 1. The molecule has 0 aliphatic rings. The van der Waals surface area contributed by atoms with Crippen LogP contribution in [-0.2, 0) is 0 Å². The molecule has 0 radical (unpaired) electrons. The van der Waals surface area contributed by atoms with Gasteiger partial charge in [0, 0.05) is 15.7 Å². The first kappa shape index (κ1) is 11.3. The zero-order valence-electron chi connectivity index (χ0n) is 9.89. The first-order chi connectivity index (χ1) is 8.66. The van der Waals surface area contributed by atoms with Crippen molar-refractivity contribution in [2.75, 3.05) is 5.73 Å². The van der Waals surface area contributed by atoms with Gasteiger partial charge in [0.05, 0.1) is 0 Å². The van der Waals surface area contributed by atoms with Crippen LogP contribution in [0.2, 0.25) is 0 Å². The minimum atomic E-state index is 0.686. The van der Waals surface area contributed by atoms with Gasteiger partial charge in [-0.1, -0.05) is 34.1 Å². The van der Waals surface area contributed by atoms with Crippen LogP contribution >= 0.6 is 15.9 Å². The lowest BCUT2D eigenvalue weighted by Crippen LogP contribution is -1.97. The second-order valence-corrected chi connectivity index (χ2v) is 5.13. The predicted octanol–water partition coefficient (Wildman–Crippen LogP) is 3.65. The summed E-state index contributed by atoms with van der Waals surface area (Å²) in [4.78, 5) is 4.60. The van der Waals surface area contributed by atoms with E-state index in [1.54, 1.807) is 0 Å². The predicted molar refractivity (Wildman–Crippen MR) is 77.5 cm³/mol. The van der Waals surface area contributed by atoms with Crippen LogP contribution in [0.4, 0.5) is 5.82 Å². The third-order valence-electron chi connectivity index (χ3n) is 2.99. The van der Waals surface area contributed by atoms with Gasteiger partial charge in [0.15, 0.2) is 0 Å². The highest BCUT2D eigenvalue weighted by atomic mass is 79.9. The maximum Gasteiger partial charge on any atom is 0.139 e. The van der Waals surface area contributed by atoms with Crippen molar-refractivity contribution in [2.24, 2.45) is 0 Å². The maximum absolute atomic E-state index is 6.20. The van der Waals surface area contributed by atoms with Crippen LogP contribution in [0.1, 0.15) is 5.69 Å². The Morgan fingerprint density at radius 2 is 1.83 bits per heavy atom. The van der Waals surface area contributed by atoms with Crippen LogP contribution in [0.5, 0.6) is 0 Å². The van der Waals surface area contributed by atoms with Gasteiger partial charge in [0.25, 0.3) is 0 Å². The molecule has 1 aromatic carbocycles. The van der Waals surface area contributed by atoms with Crippen molar-refractivity contribution >= 4 is 27.4 Å². The summed E-state index contributed by atoms with van der Waals surface area (Å²) in [5.74, 6) is 0.686. The lowest BCUT2D eigenvalue weighted by Gasteiger charge is -2.02. The molecule has 0 unspecified atom stereocenters. The normalized spacial score (nSPS) is 11.0. The molecule has 3 aromatic rings. The second kappa shape index (κ2) is 4.14. The molecule has 0 saturated carbocycles. The number of rotatable bonds is 1. The molecule has 0 fully saturated rings. The van der Waals surface area contributed by atoms with Gasteiger partial charge in [-0.25, -0.2) is 4.98 Å². The van der Waals surface area contributed by atoms with Gasteiger partial charge >= 0.3 is 0 Å². The van der Waals surface area contributed by atoms with E-state index in [2.05, 4.69) is 20.9 Å². The van der Waals surface area contributed by atoms with E-state index in [9.17, 15) is 0 Å². The highest BCUT2D eigenvalue weighted by Gasteiger charge is 2.11. The number of pyridine rings is 1. The van der Waals surface area contributed by atoms with Gasteiger partial charge in [-0.05, 0) is 31.2 Å². The number of benzene rings is 1. The van der Waals surface area contributed by atoms with Gasteiger partial charge in [-0.2, -0.15) is 0 Å². The standard InChI is InChI=1S/C14H12BrN3/c1-9-3-2-4-12-17-13(14(16)18(9)12)10-5-7-11(15)8-6-10/h2-8H,16H2,1H3. The molecule has 0 spiro atoms. The maximum atomic E-state index is 6.20. The molecule has 3 rings (SSSR count). The topological polar surface area (TPSA) is 43.3 Å². The molecule has 4 heteroatoms. The first-order valence-corrected chi connectivity index (χ1v) is 6.45. The Morgan fingerprint density at radius 1 is 1.11 bits per heavy atom. The molecule has 0 bridgehead atoms. The van der Waals surface area contributed by atoms with Crippen LogP contribution in [0.25, 0.3) is 16.9 Å². The summed E-state index contributed by atoms with van der Waals surface area (Å²) in [6.07, 6.45) is 0.